The highest BCUT2D eigenvalue weighted by Gasteiger charge is 2.26. The molecule has 6 heteroatoms. The molecule has 1 unspecified atom stereocenters. The molecule has 0 bridgehead atoms. The topological polar surface area (TPSA) is 78.9 Å². The molecule has 1 heterocycles. The van der Waals surface area contributed by atoms with E-state index in [-0.39, 0.29) is 23.5 Å². The molecule has 0 saturated carbocycles. The van der Waals surface area contributed by atoms with Crippen molar-refractivity contribution in [3.8, 4) is 0 Å². The number of hydrogen-bond acceptors (Lipinski definition) is 3. The van der Waals surface area contributed by atoms with Gasteiger partial charge in [0.15, 0.2) is 0 Å². The van der Waals surface area contributed by atoms with Gasteiger partial charge in [-0.15, -0.1) is 0 Å². The maximum Gasteiger partial charge on any atom is 0.253 e. The van der Waals surface area contributed by atoms with E-state index in [9.17, 15) is 9.18 Å². The largest absolute Gasteiger partial charge is 0.409 e. The molecule has 19 heavy (non-hydrogen) atoms. The molecule has 2 rings (SSSR count). The Hall–Kier alpha value is -2.11. The normalized spacial score (nSPS) is 20.4. The van der Waals surface area contributed by atoms with Crippen molar-refractivity contribution in [2.75, 3.05) is 13.1 Å². The van der Waals surface area contributed by atoms with E-state index in [2.05, 4.69) is 5.16 Å². The minimum Gasteiger partial charge on any atom is -0.409 e. The summed E-state index contributed by atoms with van der Waals surface area (Å²) in [5.41, 5.74) is 6.03. The first-order valence-electron chi connectivity index (χ1n) is 6.14. The van der Waals surface area contributed by atoms with Gasteiger partial charge in [-0.1, -0.05) is 5.16 Å². The van der Waals surface area contributed by atoms with E-state index in [0.717, 1.165) is 12.8 Å². The van der Waals surface area contributed by atoms with E-state index < -0.39 is 0 Å². The average molecular weight is 265 g/mol. The fourth-order valence-electron chi connectivity index (χ4n) is 2.26. The Morgan fingerprint density at radius 3 is 2.74 bits per heavy atom. The number of rotatable bonds is 2. The Morgan fingerprint density at radius 2 is 2.11 bits per heavy atom. The third-order valence-electron chi connectivity index (χ3n) is 3.33. The second kappa shape index (κ2) is 5.69. The van der Waals surface area contributed by atoms with Crippen LogP contribution in [-0.4, -0.2) is 34.9 Å². The molecule has 5 nitrogen and oxygen atoms in total. The zero-order valence-corrected chi connectivity index (χ0v) is 10.4. The number of benzene rings is 1. The molecular formula is C13H16FN3O2. The standard InChI is InChI=1S/C13H16FN3O2/c14-11-5-3-9(4-6-11)13(18)17-7-1-2-10(8-17)12(15)16-19/h3-6,10,19H,1-2,7-8H2,(H2,15,16). The van der Waals surface area contributed by atoms with Crippen LogP contribution in [0.4, 0.5) is 4.39 Å². The molecule has 1 aliphatic heterocycles. The minimum absolute atomic E-state index is 0.122. The van der Waals surface area contributed by atoms with Crippen LogP contribution in [0.25, 0.3) is 0 Å². The van der Waals surface area contributed by atoms with Gasteiger partial charge in [0.1, 0.15) is 11.7 Å². The van der Waals surface area contributed by atoms with Crippen molar-refractivity contribution in [1.29, 1.82) is 0 Å². The van der Waals surface area contributed by atoms with Gasteiger partial charge in [-0.3, -0.25) is 4.79 Å². The lowest BCUT2D eigenvalue weighted by atomic mass is 9.96. The predicted molar refractivity (Wildman–Crippen MR) is 68.4 cm³/mol. The molecule has 0 aliphatic carbocycles. The van der Waals surface area contributed by atoms with Gasteiger partial charge in [-0.05, 0) is 37.1 Å². The third-order valence-corrected chi connectivity index (χ3v) is 3.33. The third kappa shape index (κ3) is 3.01. The van der Waals surface area contributed by atoms with E-state index in [1.165, 1.54) is 24.3 Å². The summed E-state index contributed by atoms with van der Waals surface area (Å²) >= 11 is 0. The molecule has 3 N–H and O–H groups in total. The number of amides is 1. The molecule has 102 valence electrons. The molecule has 0 aromatic heterocycles. The Bertz CT molecular complexity index is 487. The van der Waals surface area contributed by atoms with Crippen LogP contribution in [0.2, 0.25) is 0 Å². The second-order valence-electron chi connectivity index (χ2n) is 4.62. The van der Waals surface area contributed by atoms with Gasteiger partial charge in [0.05, 0.1) is 0 Å². The van der Waals surface area contributed by atoms with Crippen molar-refractivity contribution in [1.82, 2.24) is 4.90 Å². The highest BCUT2D eigenvalue weighted by atomic mass is 19.1. The van der Waals surface area contributed by atoms with Gasteiger partial charge in [0, 0.05) is 24.6 Å². The Kier molecular flexibility index (Phi) is 3.99. The number of carbonyl (C=O) groups excluding carboxylic acids is 1. The zero-order chi connectivity index (χ0) is 13.8. The van der Waals surface area contributed by atoms with Crippen molar-refractivity contribution in [3.05, 3.63) is 35.6 Å². The Labute approximate surface area is 110 Å². The Morgan fingerprint density at radius 1 is 1.42 bits per heavy atom. The lowest BCUT2D eigenvalue weighted by Gasteiger charge is -2.32. The van der Waals surface area contributed by atoms with E-state index in [0.29, 0.717) is 18.7 Å². The summed E-state index contributed by atoms with van der Waals surface area (Å²) in [5, 5.41) is 11.7. The van der Waals surface area contributed by atoms with Crippen LogP contribution in [-0.2, 0) is 0 Å². The first kappa shape index (κ1) is 13.3. The maximum absolute atomic E-state index is 12.8. The molecule has 1 amide bonds. The van der Waals surface area contributed by atoms with Crippen LogP contribution in [0.15, 0.2) is 29.4 Å². The summed E-state index contributed by atoms with van der Waals surface area (Å²) in [7, 11) is 0. The quantitative estimate of drug-likeness (QED) is 0.367. The SMILES string of the molecule is NC(=NO)C1CCCN(C(=O)c2ccc(F)cc2)C1. The van der Waals surface area contributed by atoms with Gasteiger partial charge >= 0.3 is 0 Å². The van der Waals surface area contributed by atoms with Gasteiger partial charge < -0.3 is 15.8 Å². The number of likely N-dealkylation sites (tertiary alicyclic amines) is 1. The zero-order valence-electron chi connectivity index (χ0n) is 10.4. The summed E-state index contributed by atoms with van der Waals surface area (Å²) in [6, 6.07) is 5.45. The molecule has 1 aliphatic rings. The van der Waals surface area contributed by atoms with Crippen LogP contribution < -0.4 is 5.73 Å². The molecule has 0 radical (unpaired) electrons. The van der Waals surface area contributed by atoms with E-state index in [1.54, 1.807) is 4.90 Å². The van der Waals surface area contributed by atoms with Crippen molar-refractivity contribution < 1.29 is 14.4 Å². The highest BCUT2D eigenvalue weighted by molar-refractivity contribution is 5.94. The smallest absolute Gasteiger partial charge is 0.253 e. The van der Waals surface area contributed by atoms with E-state index >= 15 is 0 Å². The van der Waals surface area contributed by atoms with E-state index in [1.807, 2.05) is 0 Å². The summed E-state index contributed by atoms with van der Waals surface area (Å²) in [5.74, 6) is -0.500. The summed E-state index contributed by atoms with van der Waals surface area (Å²) in [6.45, 7) is 1.05. The number of nitrogens with zero attached hydrogens (tertiary/aromatic N) is 2. The van der Waals surface area contributed by atoms with Crippen molar-refractivity contribution in [2.45, 2.75) is 12.8 Å². The number of hydrogen-bond donors (Lipinski definition) is 2. The number of oxime groups is 1. The monoisotopic (exact) mass is 265 g/mol. The molecule has 1 fully saturated rings. The van der Waals surface area contributed by atoms with E-state index in [4.69, 9.17) is 10.9 Å². The van der Waals surface area contributed by atoms with Crippen LogP contribution in [0.1, 0.15) is 23.2 Å². The van der Waals surface area contributed by atoms with Crippen LogP contribution in [0.3, 0.4) is 0 Å². The lowest BCUT2D eigenvalue weighted by Crippen LogP contribution is -2.44. The molecule has 0 spiro atoms. The van der Waals surface area contributed by atoms with Crippen LogP contribution in [0.5, 0.6) is 0 Å². The molecule has 1 saturated heterocycles. The summed E-state index contributed by atoms with van der Waals surface area (Å²) in [4.78, 5) is 13.9. The summed E-state index contributed by atoms with van der Waals surface area (Å²) in [6.07, 6.45) is 1.59. The number of halogens is 1. The first-order chi connectivity index (χ1) is 9.11. The van der Waals surface area contributed by atoms with Crippen LogP contribution in [0, 0.1) is 11.7 Å². The summed E-state index contributed by atoms with van der Waals surface area (Å²) < 4.78 is 12.8. The molecule has 1 aromatic carbocycles. The number of nitrogens with two attached hydrogens (primary N) is 1. The highest BCUT2D eigenvalue weighted by Crippen LogP contribution is 2.19. The van der Waals surface area contributed by atoms with Crippen molar-refractivity contribution >= 4 is 11.7 Å². The first-order valence-corrected chi connectivity index (χ1v) is 6.14. The fraction of sp³-hybridized carbons (Fsp3) is 0.385. The van der Waals surface area contributed by atoms with Gasteiger partial charge in [-0.25, -0.2) is 4.39 Å². The van der Waals surface area contributed by atoms with Gasteiger partial charge in [0.25, 0.3) is 5.91 Å². The van der Waals surface area contributed by atoms with Crippen molar-refractivity contribution in [3.63, 3.8) is 0 Å². The van der Waals surface area contributed by atoms with Crippen molar-refractivity contribution in [2.24, 2.45) is 16.8 Å². The lowest BCUT2D eigenvalue weighted by molar-refractivity contribution is 0.0701. The number of amidine groups is 1. The molecule has 1 atom stereocenters. The fourth-order valence-corrected chi connectivity index (χ4v) is 2.26. The number of carbonyl (C=O) groups is 1. The minimum atomic E-state index is -0.371. The number of piperidine rings is 1. The second-order valence-corrected chi connectivity index (χ2v) is 4.62. The molecular weight excluding hydrogens is 249 g/mol. The molecule has 1 aromatic rings. The predicted octanol–water partition coefficient (Wildman–Crippen LogP) is 1.42. The Balaban J connectivity index is 2.09. The average Bonchev–Trinajstić information content (AvgIpc) is 2.46. The maximum atomic E-state index is 12.8. The van der Waals surface area contributed by atoms with Gasteiger partial charge in [-0.2, -0.15) is 0 Å². The van der Waals surface area contributed by atoms with Gasteiger partial charge in [0.2, 0.25) is 0 Å². The van der Waals surface area contributed by atoms with Crippen LogP contribution >= 0.6 is 0 Å².